The van der Waals surface area contributed by atoms with Crippen molar-refractivity contribution in [2.75, 3.05) is 0 Å². The minimum Gasteiger partial charge on any atom is -0.444 e. The molecule has 0 saturated heterocycles. The van der Waals surface area contributed by atoms with Crippen molar-refractivity contribution in [2.45, 2.75) is 96.2 Å². The number of benzene rings is 4. The van der Waals surface area contributed by atoms with Crippen molar-refractivity contribution in [1.82, 2.24) is 25.3 Å². The van der Waals surface area contributed by atoms with E-state index < -0.39 is 84.5 Å². The summed E-state index contributed by atoms with van der Waals surface area (Å²) in [5, 5.41) is 9.28. The molecule has 3 aliphatic rings. The largest absolute Gasteiger partial charge is 0.444 e. The van der Waals surface area contributed by atoms with Crippen LogP contribution in [0.4, 0.5) is 44.7 Å². The Kier molecular flexibility index (Phi) is 12.6. The molecule has 3 amide bonds. The number of rotatable bonds is 11. The lowest BCUT2D eigenvalue weighted by molar-refractivity contribution is -0.143. The lowest BCUT2D eigenvalue weighted by Crippen LogP contribution is -2.54. The molecule has 3 unspecified atom stereocenters. The molecule has 0 radical (unpaired) electrons. The summed E-state index contributed by atoms with van der Waals surface area (Å²) in [5.41, 5.74) is -5.15. The van der Waals surface area contributed by atoms with Crippen LogP contribution in [0.25, 0.3) is 11.3 Å². The van der Waals surface area contributed by atoms with Crippen molar-refractivity contribution in [2.24, 2.45) is 0 Å². The Labute approximate surface area is 386 Å². The summed E-state index contributed by atoms with van der Waals surface area (Å²) in [6.45, 7) is 7.10. The number of urea groups is 1. The molecule has 3 atom stereocenters. The van der Waals surface area contributed by atoms with Gasteiger partial charge in [0.2, 0.25) is 0 Å². The number of allylic oxidation sites excluding steroid dienone is 2. The number of carbonyl (C=O) groups excluding carboxylic acids is 2. The SMILES string of the molecule is CCc1cccc2c1-n1nc3c(c1C1(C)C(F)=CC(C)(NC(=O)NC(=O)OCc4ccc(OP(O)OCc5ccccc5)cc4)C(F)=C21)CN(Cc1ccc(C(F)(F)F)cc1C(F)(F)F)C3(C)C. The van der Waals surface area contributed by atoms with E-state index in [1.807, 2.05) is 42.6 Å². The lowest BCUT2D eigenvalue weighted by atomic mass is 9.65. The molecular weight excluding hydrogens is 926 g/mol. The molecule has 8 rings (SSSR count). The Morgan fingerprint density at radius 2 is 1.54 bits per heavy atom. The number of ether oxygens (including phenoxy) is 1. The van der Waals surface area contributed by atoms with Crippen LogP contribution in [-0.2, 0) is 65.3 Å². The zero-order valence-corrected chi connectivity index (χ0v) is 38.0. The third-order valence-electron chi connectivity index (χ3n) is 12.6. The zero-order valence-electron chi connectivity index (χ0n) is 37.1. The number of halogens is 8. The highest BCUT2D eigenvalue weighted by molar-refractivity contribution is 7.41. The van der Waals surface area contributed by atoms with E-state index in [0.717, 1.165) is 17.7 Å². The highest BCUT2D eigenvalue weighted by Gasteiger charge is 2.57. The number of nitrogens with one attached hydrogen (secondary N) is 2. The van der Waals surface area contributed by atoms with E-state index in [1.165, 1.54) is 30.7 Å². The highest BCUT2D eigenvalue weighted by atomic mass is 31.2. The number of nitrogens with zero attached hydrogens (tertiary/aromatic N) is 3. The molecule has 0 spiro atoms. The summed E-state index contributed by atoms with van der Waals surface area (Å²) in [7, 11) is -2.25. The summed E-state index contributed by atoms with van der Waals surface area (Å²) < 4.78 is 136. The number of imide groups is 1. The summed E-state index contributed by atoms with van der Waals surface area (Å²) in [6, 6.07) is 20.6. The summed E-state index contributed by atoms with van der Waals surface area (Å²) in [5.74, 6) is -1.62. The van der Waals surface area contributed by atoms with Gasteiger partial charge in [-0.3, -0.25) is 9.42 Å². The van der Waals surface area contributed by atoms with E-state index in [4.69, 9.17) is 18.9 Å². The van der Waals surface area contributed by atoms with Crippen molar-refractivity contribution in [3.63, 3.8) is 0 Å². The van der Waals surface area contributed by atoms with Crippen LogP contribution in [0.15, 0.2) is 109 Å². The van der Waals surface area contributed by atoms with Crippen LogP contribution in [0.2, 0.25) is 0 Å². The predicted molar refractivity (Wildman–Crippen MR) is 234 cm³/mol. The Bertz CT molecular complexity index is 2850. The topological polar surface area (TPSA) is 127 Å². The smallest absolute Gasteiger partial charge is 0.416 e. The van der Waals surface area contributed by atoms with Crippen molar-refractivity contribution >= 4 is 26.3 Å². The Hall–Kier alpha value is -6.14. The molecule has 3 heterocycles. The van der Waals surface area contributed by atoms with Gasteiger partial charge in [-0.2, -0.15) is 31.4 Å². The fourth-order valence-corrected chi connectivity index (χ4v) is 9.64. The van der Waals surface area contributed by atoms with Crippen molar-refractivity contribution < 1.29 is 63.4 Å². The van der Waals surface area contributed by atoms with Gasteiger partial charge in [0.15, 0.2) is 0 Å². The summed E-state index contributed by atoms with van der Waals surface area (Å²) in [4.78, 5) is 37.9. The van der Waals surface area contributed by atoms with E-state index in [0.29, 0.717) is 40.6 Å². The first-order chi connectivity index (χ1) is 31.9. The minimum atomic E-state index is -5.12. The maximum Gasteiger partial charge on any atom is 0.416 e. The van der Waals surface area contributed by atoms with Crippen LogP contribution in [-0.4, -0.2) is 37.2 Å². The number of carbonyl (C=O) groups is 2. The Balaban J connectivity index is 1.02. The first-order valence-corrected chi connectivity index (χ1v) is 22.3. The fourth-order valence-electron chi connectivity index (χ4n) is 9.03. The second kappa shape index (κ2) is 17.7. The monoisotopic (exact) mass is 969 g/mol. The van der Waals surface area contributed by atoms with E-state index in [9.17, 15) is 40.8 Å². The van der Waals surface area contributed by atoms with Gasteiger partial charge in [0.05, 0.1) is 45.8 Å². The number of alkyl halides is 6. The first kappa shape index (κ1) is 48.3. The Morgan fingerprint density at radius 1 is 0.853 bits per heavy atom. The van der Waals surface area contributed by atoms with Crippen molar-refractivity contribution in [3.05, 3.63) is 165 Å². The zero-order chi connectivity index (χ0) is 49.1. The maximum atomic E-state index is 17.6. The van der Waals surface area contributed by atoms with E-state index in [2.05, 4.69) is 5.32 Å². The fraction of sp³-hybridized carbons (Fsp3) is 0.312. The lowest BCUT2D eigenvalue weighted by Gasteiger charge is -2.44. The van der Waals surface area contributed by atoms with Crippen LogP contribution in [0.3, 0.4) is 0 Å². The molecule has 20 heteroatoms. The minimum absolute atomic E-state index is 0.0819. The molecule has 5 aromatic rings. The predicted octanol–water partition coefficient (Wildman–Crippen LogP) is 11.8. The summed E-state index contributed by atoms with van der Waals surface area (Å²) >= 11 is 0. The van der Waals surface area contributed by atoms with Crippen LogP contribution in [0, 0.1) is 0 Å². The van der Waals surface area contributed by atoms with Gasteiger partial charge in [-0.05, 0) is 86.7 Å². The van der Waals surface area contributed by atoms with Crippen molar-refractivity contribution in [3.8, 4) is 11.4 Å². The molecule has 2 aliphatic heterocycles. The van der Waals surface area contributed by atoms with E-state index in [1.54, 1.807) is 49.1 Å². The molecule has 0 saturated carbocycles. The molecule has 1 aliphatic carbocycles. The molecule has 0 bridgehead atoms. The highest BCUT2D eigenvalue weighted by Crippen LogP contribution is 2.59. The van der Waals surface area contributed by atoms with Gasteiger partial charge in [0.1, 0.15) is 29.5 Å². The number of amides is 3. The quantitative estimate of drug-likeness (QED) is 0.0882. The average Bonchev–Trinajstić information content (AvgIpc) is 3.78. The van der Waals surface area contributed by atoms with Crippen molar-refractivity contribution in [1.29, 1.82) is 0 Å². The number of hydrogen-bond donors (Lipinski definition) is 3. The van der Waals surface area contributed by atoms with Crippen LogP contribution in [0.5, 0.6) is 5.75 Å². The normalized spacial score (nSPS) is 20.1. The van der Waals surface area contributed by atoms with E-state index >= 15 is 8.78 Å². The van der Waals surface area contributed by atoms with E-state index in [-0.39, 0.29) is 48.4 Å². The first-order valence-electron chi connectivity index (χ1n) is 21.2. The molecule has 358 valence electrons. The number of aryl methyl sites for hydroxylation is 1. The number of para-hydroxylation sites is 1. The van der Waals surface area contributed by atoms with Gasteiger partial charge >= 0.3 is 33.1 Å². The molecule has 3 N–H and O–H groups in total. The van der Waals surface area contributed by atoms with Gasteiger partial charge in [0, 0.05) is 29.8 Å². The maximum absolute atomic E-state index is 17.6. The second-order valence-corrected chi connectivity index (χ2v) is 18.3. The number of alkyl carbamates (subject to hydrolysis) is 1. The Morgan fingerprint density at radius 3 is 2.21 bits per heavy atom. The number of hydrogen-bond acceptors (Lipinski definition) is 8. The molecule has 11 nitrogen and oxygen atoms in total. The van der Waals surface area contributed by atoms with Crippen LogP contribution < -0.4 is 15.2 Å². The van der Waals surface area contributed by atoms with Crippen LogP contribution >= 0.6 is 8.60 Å². The molecule has 1 aromatic heterocycles. The standard InChI is InChI=1S/C48H44F8N5O6P/c1-6-29-13-10-14-33-37-39(50)45(4,58-42(62)57-43(63)65-25-28-15-19-32(20-16-28)67-68(64)66-26-27-11-8-7-9-12-27)22-36(49)46(37,5)41-34-24-60(44(2,3)40(34)59-61(41)38(29)33)23-30-17-18-31(47(51,52)53)21-35(30)48(54,55)56/h7-22,64H,6,23-26H2,1-5H3,(H2,57,58,62,63). The van der Waals surface area contributed by atoms with Crippen LogP contribution in [0.1, 0.15) is 90.5 Å². The third kappa shape index (κ3) is 8.88. The van der Waals surface area contributed by atoms with Gasteiger partial charge < -0.3 is 19.5 Å². The molecule has 4 aromatic carbocycles. The van der Waals surface area contributed by atoms with Gasteiger partial charge in [-0.1, -0.05) is 73.7 Å². The summed E-state index contributed by atoms with van der Waals surface area (Å²) in [6.07, 6.45) is -10.1. The molecular formula is C48H44F8N5O6P. The number of aromatic nitrogens is 2. The van der Waals surface area contributed by atoms with Gasteiger partial charge in [-0.25, -0.2) is 28.4 Å². The van der Waals surface area contributed by atoms with Gasteiger partial charge in [0.25, 0.3) is 0 Å². The van der Waals surface area contributed by atoms with Gasteiger partial charge in [-0.15, -0.1) is 0 Å². The number of fused-ring (bicyclic) bond motifs is 8. The third-order valence-corrected chi connectivity index (χ3v) is 13.3. The molecule has 68 heavy (non-hydrogen) atoms. The molecule has 0 fully saturated rings. The average molecular weight is 970 g/mol. The second-order valence-electron chi connectivity index (χ2n) is 17.4.